The van der Waals surface area contributed by atoms with E-state index in [9.17, 15) is 36.9 Å². The Morgan fingerprint density at radius 2 is 1.71 bits per heavy atom. The van der Waals surface area contributed by atoms with Gasteiger partial charge in [-0.25, -0.2) is 17.5 Å². The Labute approximate surface area is 224 Å². The summed E-state index contributed by atoms with van der Waals surface area (Å²) in [7, 11) is -4.98. The van der Waals surface area contributed by atoms with Gasteiger partial charge in [-0.2, -0.15) is 0 Å². The molecule has 1 aromatic rings. The number of imide groups is 1. The molecule has 1 unspecified atom stereocenters. The van der Waals surface area contributed by atoms with Gasteiger partial charge in [0.2, 0.25) is 5.91 Å². The summed E-state index contributed by atoms with van der Waals surface area (Å²) in [5.74, 6) is -3.80. The number of likely N-dealkylation sites (N-methyl/N-ethyl adjacent to an activating group) is 1. The number of rotatable bonds is 7. The van der Waals surface area contributed by atoms with E-state index in [4.69, 9.17) is 0 Å². The molecule has 2 aliphatic rings. The van der Waals surface area contributed by atoms with Crippen molar-refractivity contribution in [2.45, 2.75) is 38.4 Å². The van der Waals surface area contributed by atoms with Gasteiger partial charge in [-0.3, -0.25) is 24.1 Å². The molecule has 2 N–H and O–H groups in total. The maximum atomic E-state index is 13.1. The summed E-state index contributed by atoms with van der Waals surface area (Å²) in [6.07, 6.45) is 0.376. The van der Waals surface area contributed by atoms with E-state index in [1.807, 2.05) is 0 Å². The fourth-order valence-corrected chi connectivity index (χ4v) is 4.44. The number of carbonyl (C=O) groups is 5. The molecule has 1 aromatic carbocycles. The summed E-state index contributed by atoms with van der Waals surface area (Å²) in [5.41, 5.74) is 0.312. The summed E-state index contributed by atoms with van der Waals surface area (Å²) < 4.78 is 33.1. The Morgan fingerprint density at radius 3 is 2.23 bits per heavy atom. The van der Waals surface area contributed by atoms with Gasteiger partial charge in [-0.05, 0) is 18.9 Å². The van der Waals surface area contributed by atoms with E-state index in [0.29, 0.717) is 18.5 Å². The van der Waals surface area contributed by atoms with Gasteiger partial charge in [-0.1, -0.05) is 37.3 Å². The van der Waals surface area contributed by atoms with Crippen LogP contribution in [-0.4, -0.2) is 88.5 Å². The summed E-state index contributed by atoms with van der Waals surface area (Å²) in [4.78, 5) is 65.1. The third-order valence-electron chi connectivity index (χ3n) is 5.70. The molecule has 0 saturated carbocycles. The van der Waals surface area contributed by atoms with Crippen LogP contribution in [0.5, 0.6) is 0 Å². The molecule has 2 aliphatic heterocycles. The molecule has 0 radical (unpaired) electrons. The van der Waals surface area contributed by atoms with Crippen LogP contribution in [-0.2, 0) is 29.5 Å². The maximum Gasteiger partial charge on any atom is 1.00 e. The topological polar surface area (TPSA) is 176 Å². The van der Waals surface area contributed by atoms with Crippen molar-refractivity contribution in [1.29, 1.82) is 0 Å². The molecule has 0 aromatic heterocycles. The quantitative estimate of drug-likeness (QED) is 0.158. The zero-order valence-corrected chi connectivity index (χ0v) is 22.3. The minimum atomic E-state index is -4.98. The standard InChI is InChI=1S/C20H25N5O8S.Na/c1-3-13-10-23(4-2)18(28)19(29)25(13)20(30)22-15(12-8-6-5-7-9-12)16(26)21-14-11-24(17(14)27)34(31,32)33;/h5-9,13-15H,3-4,10-11H2,1-2H3,(H,21,26)(H,22,30)(H,31,32,33);/q;+1/p-1/t13-,14?,15+;/m0./s1. The van der Waals surface area contributed by atoms with Gasteiger partial charge >= 0.3 is 47.4 Å². The van der Waals surface area contributed by atoms with Gasteiger partial charge in [0.25, 0.3) is 5.91 Å². The first-order valence-electron chi connectivity index (χ1n) is 10.5. The average molecular weight is 517 g/mol. The maximum absolute atomic E-state index is 13.1. The number of β-lactam (4-membered cyclic amide) rings is 1. The minimum Gasteiger partial charge on any atom is -0.731 e. The van der Waals surface area contributed by atoms with Gasteiger partial charge in [0.15, 0.2) is 10.3 Å². The van der Waals surface area contributed by atoms with Gasteiger partial charge < -0.3 is 20.1 Å². The second kappa shape index (κ2) is 11.5. The second-order valence-corrected chi connectivity index (χ2v) is 9.06. The molecule has 15 heteroatoms. The Kier molecular flexibility index (Phi) is 9.42. The number of hydrogen-bond acceptors (Lipinski definition) is 8. The first-order valence-corrected chi connectivity index (χ1v) is 11.9. The second-order valence-electron chi connectivity index (χ2n) is 7.76. The molecular weight excluding hydrogens is 493 g/mol. The van der Waals surface area contributed by atoms with Crippen LogP contribution in [0.2, 0.25) is 0 Å². The first kappa shape index (κ1) is 28.7. The predicted molar refractivity (Wildman–Crippen MR) is 114 cm³/mol. The van der Waals surface area contributed by atoms with Crippen molar-refractivity contribution >= 4 is 40.0 Å². The normalized spacial score (nSPS) is 21.1. The number of nitrogens with zero attached hydrogens (tertiary/aromatic N) is 3. The largest absolute Gasteiger partial charge is 1.00 e. The van der Waals surface area contributed by atoms with Crippen LogP contribution in [0.25, 0.3) is 0 Å². The third-order valence-corrected chi connectivity index (χ3v) is 6.57. The van der Waals surface area contributed by atoms with Gasteiger partial charge in [0.05, 0.1) is 12.6 Å². The van der Waals surface area contributed by atoms with E-state index < -0.39 is 64.6 Å². The smallest absolute Gasteiger partial charge is 0.731 e. The van der Waals surface area contributed by atoms with Crippen LogP contribution < -0.4 is 40.2 Å². The molecule has 2 saturated heterocycles. The van der Waals surface area contributed by atoms with Crippen LogP contribution in [0.15, 0.2) is 30.3 Å². The monoisotopic (exact) mass is 517 g/mol. The van der Waals surface area contributed by atoms with E-state index in [2.05, 4.69) is 10.6 Å². The van der Waals surface area contributed by atoms with Crippen molar-refractivity contribution in [1.82, 2.24) is 24.7 Å². The van der Waals surface area contributed by atoms with Gasteiger partial charge in [-0.15, -0.1) is 0 Å². The number of carbonyl (C=O) groups excluding carboxylic acids is 5. The molecule has 2 fully saturated rings. The Hall–Kier alpha value is -2.52. The summed E-state index contributed by atoms with van der Waals surface area (Å²) in [6, 6.07) is 3.73. The molecule has 6 amide bonds. The summed E-state index contributed by atoms with van der Waals surface area (Å²) >= 11 is 0. The van der Waals surface area contributed by atoms with E-state index >= 15 is 0 Å². The van der Waals surface area contributed by atoms with Crippen molar-refractivity contribution in [3.8, 4) is 0 Å². The van der Waals surface area contributed by atoms with Crippen molar-refractivity contribution in [3.05, 3.63) is 35.9 Å². The number of urea groups is 1. The van der Waals surface area contributed by atoms with E-state index in [1.165, 1.54) is 17.0 Å². The first-order chi connectivity index (χ1) is 16.0. The number of nitrogens with one attached hydrogen (secondary N) is 2. The molecule has 0 aliphatic carbocycles. The van der Waals surface area contributed by atoms with Crippen LogP contribution in [0.3, 0.4) is 0 Å². The fourth-order valence-electron chi connectivity index (χ4n) is 3.76. The fraction of sp³-hybridized carbons (Fsp3) is 0.450. The average Bonchev–Trinajstić information content (AvgIpc) is 2.80. The zero-order chi connectivity index (χ0) is 25.2. The van der Waals surface area contributed by atoms with Crippen molar-refractivity contribution in [2.24, 2.45) is 0 Å². The van der Waals surface area contributed by atoms with E-state index in [1.54, 1.807) is 32.0 Å². The van der Waals surface area contributed by atoms with Gasteiger partial charge in [0.1, 0.15) is 12.1 Å². The molecular formula is C20H24N5NaO8S. The molecule has 3 rings (SSSR count). The predicted octanol–water partition coefficient (Wildman–Crippen LogP) is -4.30. The number of benzene rings is 1. The molecule has 13 nitrogen and oxygen atoms in total. The Morgan fingerprint density at radius 1 is 1.09 bits per heavy atom. The Bertz CT molecular complexity index is 1120. The van der Waals surface area contributed by atoms with Crippen molar-refractivity contribution in [3.63, 3.8) is 0 Å². The molecule has 0 spiro atoms. The molecule has 0 bridgehead atoms. The third kappa shape index (κ3) is 6.01. The van der Waals surface area contributed by atoms with Crippen LogP contribution in [0, 0.1) is 0 Å². The molecule has 35 heavy (non-hydrogen) atoms. The SMILES string of the molecule is CC[C@H]1CN(CC)C(=O)C(=O)N1C(=O)N[C@@H](C(=O)NC1CN(S(=O)(=O)[O-])C1=O)c1ccccc1.[Na+]. The van der Waals surface area contributed by atoms with Crippen molar-refractivity contribution < 1.29 is 66.5 Å². The molecule has 3 atom stereocenters. The van der Waals surface area contributed by atoms with E-state index in [-0.39, 0.29) is 40.4 Å². The number of hydrogen-bond donors (Lipinski definition) is 2. The van der Waals surface area contributed by atoms with Crippen molar-refractivity contribution in [2.75, 3.05) is 19.6 Å². The van der Waals surface area contributed by atoms with E-state index in [0.717, 1.165) is 4.90 Å². The number of piperazine rings is 1. The van der Waals surface area contributed by atoms with Crippen LogP contribution >= 0.6 is 0 Å². The molecule has 2 heterocycles. The van der Waals surface area contributed by atoms with Crippen LogP contribution in [0.1, 0.15) is 31.9 Å². The summed E-state index contributed by atoms with van der Waals surface area (Å²) in [6.45, 7) is 3.39. The minimum absolute atomic E-state index is 0. The Balaban J connectivity index is 0.00000432. The molecule has 184 valence electrons. The number of amides is 6. The van der Waals surface area contributed by atoms with Crippen LogP contribution in [0.4, 0.5) is 4.79 Å². The summed E-state index contributed by atoms with van der Waals surface area (Å²) in [5, 5.41) is 4.75. The zero-order valence-electron chi connectivity index (χ0n) is 19.5. The van der Waals surface area contributed by atoms with Gasteiger partial charge in [0, 0.05) is 13.1 Å².